The summed E-state index contributed by atoms with van der Waals surface area (Å²) in [6, 6.07) is 0. The summed E-state index contributed by atoms with van der Waals surface area (Å²) in [4.78, 5) is 12.6. The predicted molar refractivity (Wildman–Crippen MR) is 81.5 cm³/mol. The van der Waals surface area contributed by atoms with Gasteiger partial charge in [-0.05, 0) is 37.2 Å². The highest BCUT2D eigenvalue weighted by Gasteiger charge is 2.18. The Morgan fingerprint density at radius 3 is 2.53 bits per heavy atom. The maximum Gasteiger partial charge on any atom is 0.263 e. The van der Waals surface area contributed by atoms with E-state index in [2.05, 4.69) is 9.69 Å². The van der Waals surface area contributed by atoms with Crippen molar-refractivity contribution < 1.29 is 4.79 Å². The van der Waals surface area contributed by atoms with Gasteiger partial charge in [-0.1, -0.05) is 33.1 Å². The van der Waals surface area contributed by atoms with Gasteiger partial charge >= 0.3 is 0 Å². The van der Waals surface area contributed by atoms with Crippen molar-refractivity contribution in [3.05, 3.63) is 10.4 Å². The Morgan fingerprint density at radius 2 is 2.00 bits per heavy atom. The third kappa shape index (κ3) is 4.49. The molecular weight excluding hydrogens is 258 g/mol. The number of nitrogen functional groups attached to an aromatic ring is 1. The lowest BCUT2D eigenvalue weighted by molar-refractivity contribution is 0.0947. The summed E-state index contributed by atoms with van der Waals surface area (Å²) in [5.74, 6) is 1.10. The lowest BCUT2D eigenvalue weighted by atomic mass is 9.89. The Hall–Kier alpha value is -1.10. The zero-order valence-electron chi connectivity index (χ0n) is 12.2. The van der Waals surface area contributed by atoms with Crippen molar-refractivity contribution in [1.82, 2.24) is 9.69 Å². The smallest absolute Gasteiger partial charge is 0.263 e. The largest absolute Gasteiger partial charge is 0.383 e. The van der Waals surface area contributed by atoms with Crippen LogP contribution in [0.3, 0.4) is 0 Å². The molecule has 0 unspecified atom stereocenters. The monoisotopic (exact) mass is 283 g/mol. The fraction of sp³-hybridized carbons (Fsp3) is 0.714. The number of nitrogens with one attached hydrogen (secondary N) is 1. The summed E-state index contributed by atoms with van der Waals surface area (Å²) in [5, 5.41) is 3.00. The van der Waals surface area contributed by atoms with Crippen LogP contribution in [0, 0.1) is 12.8 Å². The van der Waals surface area contributed by atoms with E-state index in [0.29, 0.717) is 16.6 Å². The molecule has 1 aliphatic rings. The molecule has 4 nitrogen and oxygen atoms in total. The average Bonchev–Trinajstić information content (AvgIpc) is 2.80. The molecule has 1 saturated carbocycles. The highest BCUT2D eigenvalue weighted by atomic mass is 32.1. The Kier molecular flexibility index (Phi) is 6.84. The molecule has 3 N–H and O–H groups in total. The van der Waals surface area contributed by atoms with Crippen LogP contribution in [0.1, 0.15) is 61.2 Å². The van der Waals surface area contributed by atoms with Crippen LogP contribution >= 0.6 is 11.5 Å². The van der Waals surface area contributed by atoms with Crippen molar-refractivity contribution in [2.75, 3.05) is 12.3 Å². The predicted octanol–water partition coefficient (Wildman–Crippen LogP) is 3.37. The number of nitrogens with two attached hydrogens (primary N) is 1. The van der Waals surface area contributed by atoms with Crippen molar-refractivity contribution in [3.63, 3.8) is 0 Å². The standard InChI is InChI=1S/C12H19N3OS.C2H6/c1-8-10(17-15-11(8)13)12(16)14-7-9-5-3-2-4-6-9;1-2/h9H,2-7H2,1H3,(H2,13,15)(H,14,16);1-2H3. The molecule has 108 valence electrons. The highest BCUT2D eigenvalue weighted by Crippen LogP contribution is 2.23. The van der Waals surface area contributed by atoms with E-state index in [4.69, 9.17) is 5.73 Å². The van der Waals surface area contributed by atoms with Crippen LogP contribution in [0.2, 0.25) is 0 Å². The van der Waals surface area contributed by atoms with E-state index < -0.39 is 0 Å². The molecule has 1 fully saturated rings. The minimum atomic E-state index is -0.0257. The van der Waals surface area contributed by atoms with Crippen LogP contribution in [0.5, 0.6) is 0 Å². The van der Waals surface area contributed by atoms with Gasteiger partial charge in [-0.3, -0.25) is 4.79 Å². The number of rotatable bonds is 3. The second kappa shape index (κ2) is 8.15. The molecule has 2 rings (SSSR count). The number of anilines is 1. The van der Waals surface area contributed by atoms with Crippen molar-refractivity contribution in [1.29, 1.82) is 0 Å². The van der Waals surface area contributed by atoms with Gasteiger partial charge in [0.05, 0.1) is 0 Å². The number of amides is 1. The fourth-order valence-electron chi connectivity index (χ4n) is 2.27. The molecular formula is C14H25N3OS. The molecule has 0 spiro atoms. The normalized spacial score (nSPS) is 15.5. The third-order valence-corrected chi connectivity index (χ3v) is 4.40. The number of carbonyl (C=O) groups is 1. The summed E-state index contributed by atoms with van der Waals surface area (Å²) in [5.41, 5.74) is 6.44. The number of nitrogens with zero attached hydrogens (tertiary/aromatic N) is 1. The zero-order chi connectivity index (χ0) is 14.3. The van der Waals surface area contributed by atoms with Crippen LogP contribution in [0.25, 0.3) is 0 Å². The number of carbonyl (C=O) groups excluding carboxylic acids is 1. The molecule has 1 aromatic rings. The van der Waals surface area contributed by atoms with E-state index in [1.54, 1.807) is 0 Å². The number of hydrogen-bond donors (Lipinski definition) is 2. The SMILES string of the molecule is CC.Cc1c(N)nsc1C(=O)NCC1CCCCC1. The van der Waals surface area contributed by atoms with E-state index in [-0.39, 0.29) is 5.91 Å². The zero-order valence-corrected chi connectivity index (χ0v) is 13.0. The van der Waals surface area contributed by atoms with Crippen LogP contribution in [-0.4, -0.2) is 16.8 Å². The van der Waals surface area contributed by atoms with Gasteiger partial charge in [0.2, 0.25) is 0 Å². The third-order valence-electron chi connectivity index (χ3n) is 3.44. The van der Waals surface area contributed by atoms with Crippen LogP contribution in [0.15, 0.2) is 0 Å². The summed E-state index contributed by atoms with van der Waals surface area (Å²) in [6.07, 6.45) is 6.42. The Bertz CT molecular complexity index is 397. The molecule has 1 aromatic heterocycles. The van der Waals surface area contributed by atoms with Gasteiger partial charge in [-0.2, -0.15) is 4.37 Å². The minimum Gasteiger partial charge on any atom is -0.383 e. The summed E-state index contributed by atoms with van der Waals surface area (Å²) in [7, 11) is 0. The molecule has 0 bridgehead atoms. The van der Waals surface area contributed by atoms with Crippen LogP contribution in [0.4, 0.5) is 5.82 Å². The van der Waals surface area contributed by atoms with Crippen molar-refractivity contribution in [3.8, 4) is 0 Å². The Morgan fingerprint density at radius 1 is 1.37 bits per heavy atom. The van der Waals surface area contributed by atoms with Gasteiger partial charge in [0.25, 0.3) is 5.91 Å². The lowest BCUT2D eigenvalue weighted by Gasteiger charge is -2.21. The second-order valence-electron chi connectivity index (χ2n) is 4.74. The van der Waals surface area contributed by atoms with Gasteiger partial charge < -0.3 is 11.1 Å². The first-order valence-corrected chi connectivity index (χ1v) is 7.95. The first-order chi connectivity index (χ1) is 9.18. The molecule has 0 radical (unpaired) electrons. The molecule has 5 heteroatoms. The van der Waals surface area contributed by atoms with Crippen molar-refractivity contribution >= 4 is 23.3 Å². The summed E-state index contributed by atoms with van der Waals surface area (Å²) >= 11 is 1.18. The van der Waals surface area contributed by atoms with Gasteiger partial charge in [-0.15, -0.1) is 0 Å². The molecule has 0 atom stereocenters. The summed E-state index contributed by atoms with van der Waals surface area (Å²) < 4.78 is 3.99. The molecule has 0 aliphatic heterocycles. The molecule has 0 saturated heterocycles. The van der Waals surface area contributed by atoms with Crippen molar-refractivity contribution in [2.24, 2.45) is 5.92 Å². The van der Waals surface area contributed by atoms with Gasteiger partial charge in [0, 0.05) is 12.1 Å². The Balaban J connectivity index is 0.000000861. The van der Waals surface area contributed by atoms with E-state index >= 15 is 0 Å². The second-order valence-corrected chi connectivity index (χ2v) is 5.51. The van der Waals surface area contributed by atoms with Crippen LogP contribution < -0.4 is 11.1 Å². The van der Waals surface area contributed by atoms with Crippen LogP contribution in [-0.2, 0) is 0 Å². The van der Waals surface area contributed by atoms with Gasteiger partial charge in [-0.25, -0.2) is 0 Å². The average molecular weight is 283 g/mol. The number of aromatic nitrogens is 1. The molecule has 0 aromatic carbocycles. The van der Waals surface area contributed by atoms with Gasteiger partial charge in [0.15, 0.2) is 0 Å². The fourth-order valence-corrected chi connectivity index (χ4v) is 2.99. The molecule has 1 aliphatic carbocycles. The summed E-state index contributed by atoms with van der Waals surface area (Å²) in [6.45, 7) is 6.63. The molecule has 19 heavy (non-hydrogen) atoms. The molecule has 1 amide bonds. The first-order valence-electron chi connectivity index (χ1n) is 7.18. The topological polar surface area (TPSA) is 68.0 Å². The lowest BCUT2D eigenvalue weighted by Crippen LogP contribution is -2.30. The first kappa shape index (κ1) is 16.0. The van der Waals surface area contributed by atoms with Gasteiger partial charge in [0.1, 0.15) is 10.7 Å². The number of hydrogen-bond acceptors (Lipinski definition) is 4. The highest BCUT2D eigenvalue weighted by molar-refractivity contribution is 7.08. The molecule has 1 heterocycles. The minimum absolute atomic E-state index is 0.0257. The Labute approximate surface area is 119 Å². The maximum atomic E-state index is 11.9. The van der Waals surface area contributed by atoms with E-state index in [9.17, 15) is 4.79 Å². The van der Waals surface area contributed by atoms with E-state index in [1.165, 1.54) is 43.6 Å². The van der Waals surface area contributed by atoms with Crippen molar-refractivity contribution in [2.45, 2.75) is 52.9 Å². The maximum absolute atomic E-state index is 11.9. The van der Waals surface area contributed by atoms with E-state index in [0.717, 1.165) is 12.1 Å². The quantitative estimate of drug-likeness (QED) is 0.893. The van der Waals surface area contributed by atoms with E-state index in [1.807, 2.05) is 20.8 Å².